The first-order chi connectivity index (χ1) is 9.47. The lowest BCUT2D eigenvalue weighted by Crippen LogP contribution is -2.52. The SMILES string of the molecule is CCC(C)OC1(CNC(C)(C)C)CCC(C(C)(C)C)CC1. The van der Waals surface area contributed by atoms with Gasteiger partial charge < -0.3 is 10.1 Å². The molecule has 1 saturated carbocycles. The standard InChI is InChI=1S/C19H39NO/c1-9-15(2)21-19(14-20-18(6,7)8)12-10-16(11-13-19)17(3,4)5/h15-16,20H,9-14H2,1-8H3. The molecule has 1 rings (SSSR count). The minimum atomic E-state index is 0.0461. The lowest BCUT2D eigenvalue weighted by molar-refractivity contribution is -0.120. The average molecular weight is 298 g/mol. The Labute approximate surface area is 133 Å². The van der Waals surface area contributed by atoms with Crippen LogP contribution in [0, 0.1) is 11.3 Å². The number of hydrogen-bond donors (Lipinski definition) is 1. The van der Waals surface area contributed by atoms with Crippen LogP contribution < -0.4 is 5.32 Å². The van der Waals surface area contributed by atoms with Crippen LogP contribution in [0.25, 0.3) is 0 Å². The second kappa shape index (κ2) is 7.00. The third-order valence-electron chi connectivity index (χ3n) is 5.09. The molecule has 1 fully saturated rings. The van der Waals surface area contributed by atoms with Crippen molar-refractivity contribution in [1.29, 1.82) is 0 Å². The van der Waals surface area contributed by atoms with Gasteiger partial charge in [-0.1, -0.05) is 27.7 Å². The Balaban J connectivity index is 2.71. The topological polar surface area (TPSA) is 21.3 Å². The van der Waals surface area contributed by atoms with Gasteiger partial charge >= 0.3 is 0 Å². The first-order valence-electron chi connectivity index (χ1n) is 8.90. The minimum absolute atomic E-state index is 0.0461. The lowest BCUT2D eigenvalue weighted by Gasteiger charge is -2.46. The summed E-state index contributed by atoms with van der Waals surface area (Å²) in [6.45, 7) is 19.3. The van der Waals surface area contributed by atoms with Gasteiger partial charge in [-0.25, -0.2) is 0 Å². The minimum Gasteiger partial charge on any atom is -0.371 e. The maximum absolute atomic E-state index is 6.52. The maximum atomic E-state index is 6.52. The fraction of sp³-hybridized carbons (Fsp3) is 1.00. The lowest BCUT2D eigenvalue weighted by atomic mass is 9.68. The van der Waals surface area contributed by atoms with E-state index in [1.165, 1.54) is 25.7 Å². The van der Waals surface area contributed by atoms with E-state index in [1.807, 2.05) is 0 Å². The fourth-order valence-electron chi connectivity index (χ4n) is 3.28. The quantitative estimate of drug-likeness (QED) is 0.756. The molecule has 2 nitrogen and oxygen atoms in total. The first kappa shape index (κ1) is 19.0. The van der Waals surface area contributed by atoms with Crippen LogP contribution >= 0.6 is 0 Å². The molecule has 1 unspecified atom stereocenters. The summed E-state index contributed by atoms with van der Waals surface area (Å²) < 4.78 is 6.52. The van der Waals surface area contributed by atoms with E-state index in [1.54, 1.807) is 0 Å². The molecule has 0 aliphatic heterocycles. The van der Waals surface area contributed by atoms with Crippen molar-refractivity contribution in [2.75, 3.05) is 6.54 Å². The van der Waals surface area contributed by atoms with Gasteiger partial charge in [-0.2, -0.15) is 0 Å². The molecular weight excluding hydrogens is 258 g/mol. The average Bonchev–Trinajstić information content (AvgIpc) is 2.35. The molecule has 1 atom stereocenters. The summed E-state index contributed by atoms with van der Waals surface area (Å²) in [6.07, 6.45) is 6.44. The summed E-state index contributed by atoms with van der Waals surface area (Å²) in [5, 5.41) is 3.69. The Morgan fingerprint density at radius 3 is 2.00 bits per heavy atom. The van der Waals surface area contributed by atoms with E-state index in [2.05, 4.69) is 60.7 Å². The van der Waals surface area contributed by atoms with Crippen LogP contribution in [0.15, 0.2) is 0 Å². The molecule has 0 amide bonds. The Morgan fingerprint density at radius 1 is 1.10 bits per heavy atom. The molecule has 1 N–H and O–H groups in total. The molecule has 0 bridgehead atoms. The summed E-state index contributed by atoms with van der Waals surface area (Å²) in [7, 11) is 0. The van der Waals surface area contributed by atoms with Gasteiger partial charge in [0.1, 0.15) is 0 Å². The van der Waals surface area contributed by atoms with Gasteiger partial charge in [0, 0.05) is 12.1 Å². The van der Waals surface area contributed by atoms with Crippen LogP contribution in [-0.2, 0) is 4.74 Å². The predicted octanol–water partition coefficient (Wildman–Crippen LogP) is 5.16. The molecule has 0 aromatic rings. The molecule has 0 heterocycles. The number of nitrogens with one attached hydrogen (secondary N) is 1. The summed E-state index contributed by atoms with van der Waals surface area (Å²) in [4.78, 5) is 0. The Kier molecular flexibility index (Phi) is 6.32. The van der Waals surface area contributed by atoms with Gasteiger partial charge in [-0.3, -0.25) is 0 Å². The third-order valence-corrected chi connectivity index (χ3v) is 5.09. The van der Waals surface area contributed by atoms with Crippen molar-refractivity contribution in [1.82, 2.24) is 5.32 Å². The van der Waals surface area contributed by atoms with E-state index in [0.29, 0.717) is 11.5 Å². The van der Waals surface area contributed by atoms with E-state index >= 15 is 0 Å². The Morgan fingerprint density at radius 2 is 1.62 bits per heavy atom. The number of ether oxygens (including phenoxy) is 1. The van der Waals surface area contributed by atoms with Gasteiger partial charge in [0.05, 0.1) is 11.7 Å². The van der Waals surface area contributed by atoms with Crippen molar-refractivity contribution >= 4 is 0 Å². The summed E-state index contributed by atoms with van der Waals surface area (Å²) in [5.74, 6) is 0.834. The summed E-state index contributed by atoms with van der Waals surface area (Å²) in [6, 6.07) is 0. The monoisotopic (exact) mass is 297 g/mol. The number of rotatable bonds is 5. The molecule has 21 heavy (non-hydrogen) atoms. The van der Waals surface area contributed by atoms with Crippen molar-refractivity contribution in [3.8, 4) is 0 Å². The normalized spacial score (nSPS) is 29.4. The van der Waals surface area contributed by atoms with Gasteiger partial charge in [0.15, 0.2) is 0 Å². The Bertz CT molecular complexity index is 303. The molecule has 2 heteroatoms. The van der Waals surface area contributed by atoms with Crippen LogP contribution in [0.4, 0.5) is 0 Å². The Hall–Kier alpha value is -0.0800. The fourth-order valence-corrected chi connectivity index (χ4v) is 3.28. The highest BCUT2D eigenvalue weighted by Crippen LogP contribution is 2.43. The van der Waals surface area contributed by atoms with E-state index in [9.17, 15) is 0 Å². The van der Waals surface area contributed by atoms with Crippen LogP contribution in [0.1, 0.15) is 87.5 Å². The zero-order chi connectivity index (χ0) is 16.3. The second-order valence-electron chi connectivity index (χ2n) is 9.26. The highest BCUT2D eigenvalue weighted by atomic mass is 16.5. The first-order valence-corrected chi connectivity index (χ1v) is 8.90. The zero-order valence-corrected chi connectivity index (χ0v) is 15.8. The highest BCUT2D eigenvalue weighted by molar-refractivity contribution is 4.94. The number of hydrogen-bond acceptors (Lipinski definition) is 2. The third kappa shape index (κ3) is 6.28. The van der Waals surface area contributed by atoms with E-state index < -0.39 is 0 Å². The van der Waals surface area contributed by atoms with Crippen LogP contribution in [0.2, 0.25) is 0 Å². The van der Waals surface area contributed by atoms with Crippen molar-refractivity contribution in [2.24, 2.45) is 11.3 Å². The smallest absolute Gasteiger partial charge is 0.0810 e. The molecular formula is C19H39NO. The van der Waals surface area contributed by atoms with Gasteiger partial charge in [-0.15, -0.1) is 0 Å². The predicted molar refractivity (Wildman–Crippen MR) is 92.7 cm³/mol. The molecule has 0 radical (unpaired) electrons. The largest absolute Gasteiger partial charge is 0.371 e. The van der Waals surface area contributed by atoms with Gasteiger partial charge in [0.2, 0.25) is 0 Å². The van der Waals surface area contributed by atoms with Gasteiger partial charge in [0.25, 0.3) is 0 Å². The molecule has 0 aromatic carbocycles. The van der Waals surface area contributed by atoms with E-state index in [0.717, 1.165) is 18.9 Å². The van der Waals surface area contributed by atoms with Gasteiger partial charge in [-0.05, 0) is 71.1 Å². The zero-order valence-electron chi connectivity index (χ0n) is 15.8. The second-order valence-corrected chi connectivity index (χ2v) is 9.26. The van der Waals surface area contributed by atoms with Crippen LogP contribution in [-0.4, -0.2) is 23.8 Å². The van der Waals surface area contributed by atoms with Crippen molar-refractivity contribution in [2.45, 2.75) is 105 Å². The molecule has 0 saturated heterocycles. The molecule has 1 aliphatic carbocycles. The molecule has 0 aromatic heterocycles. The van der Waals surface area contributed by atoms with Crippen molar-refractivity contribution in [3.63, 3.8) is 0 Å². The van der Waals surface area contributed by atoms with E-state index in [-0.39, 0.29) is 11.1 Å². The molecule has 0 spiro atoms. The molecule has 126 valence electrons. The van der Waals surface area contributed by atoms with Crippen LogP contribution in [0.3, 0.4) is 0 Å². The summed E-state index contributed by atoms with van der Waals surface area (Å²) in [5.41, 5.74) is 0.636. The summed E-state index contributed by atoms with van der Waals surface area (Å²) >= 11 is 0. The van der Waals surface area contributed by atoms with Crippen molar-refractivity contribution < 1.29 is 4.74 Å². The van der Waals surface area contributed by atoms with Crippen LogP contribution in [0.5, 0.6) is 0 Å². The van der Waals surface area contributed by atoms with E-state index in [4.69, 9.17) is 4.74 Å². The van der Waals surface area contributed by atoms with Crippen molar-refractivity contribution in [3.05, 3.63) is 0 Å². The highest BCUT2D eigenvalue weighted by Gasteiger charge is 2.40. The molecule has 1 aliphatic rings. The maximum Gasteiger partial charge on any atom is 0.0810 e.